The fraction of sp³-hybridized carbons (Fsp3) is 0.471. The second-order valence-corrected chi connectivity index (χ2v) is 7.41. The van der Waals surface area contributed by atoms with E-state index in [4.69, 9.17) is 11.6 Å². The van der Waals surface area contributed by atoms with E-state index in [2.05, 4.69) is 29.1 Å². The van der Waals surface area contributed by atoms with E-state index in [1.807, 2.05) is 33.7 Å². The third kappa shape index (κ3) is 4.34. The number of rotatable bonds is 5. The highest BCUT2D eigenvalue weighted by atomic mass is 35.5. The number of likely N-dealkylation sites (N-methyl/N-ethyl adjacent to an activating group) is 1. The molecule has 2 heterocycles. The Morgan fingerprint density at radius 2 is 1.84 bits per heavy atom. The highest BCUT2D eigenvalue weighted by Gasteiger charge is 2.20. The van der Waals surface area contributed by atoms with Crippen molar-refractivity contribution in [3.05, 3.63) is 29.3 Å². The zero-order valence-corrected chi connectivity index (χ0v) is 16.1. The van der Waals surface area contributed by atoms with Gasteiger partial charge < -0.3 is 14.4 Å². The smallest absolute Gasteiger partial charge is 0.233 e. The molecule has 134 valence electrons. The number of hydrogen-bond donors (Lipinski definition) is 0. The van der Waals surface area contributed by atoms with Gasteiger partial charge in [-0.15, -0.1) is 10.2 Å². The Bertz CT molecular complexity index is 725. The van der Waals surface area contributed by atoms with Crippen LogP contribution in [0.15, 0.2) is 29.4 Å². The molecule has 0 unspecified atom stereocenters. The first-order valence-electron chi connectivity index (χ1n) is 8.36. The molecule has 1 saturated heterocycles. The van der Waals surface area contributed by atoms with E-state index in [0.717, 1.165) is 49.3 Å². The Balaban J connectivity index is 1.67. The van der Waals surface area contributed by atoms with Gasteiger partial charge in [-0.25, -0.2) is 0 Å². The van der Waals surface area contributed by atoms with Crippen LogP contribution in [0, 0.1) is 0 Å². The van der Waals surface area contributed by atoms with Gasteiger partial charge in [0.1, 0.15) is 0 Å². The highest BCUT2D eigenvalue weighted by Crippen LogP contribution is 2.25. The monoisotopic (exact) mass is 379 g/mol. The van der Waals surface area contributed by atoms with Crippen LogP contribution in [0.5, 0.6) is 0 Å². The van der Waals surface area contributed by atoms with Crippen LogP contribution in [-0.2, 0) is 11.3 Å². The predicted molar refractivity (Wildman–Crippen MR) is 101 cm³/mol. The molecule has 1 aromatic carbocycles. The molecule has 0 aliphatic carbocycles. The molecule has 0 saturated carbocycles. The average Bonchev–Trinajstić information content (AvgIpc) is 3.04. The normalized spacial score (nSPS) is 15.6. The molecular formula is C17H22ClN5OS. The number of amides is 1. The number of carbonyl (C=O) groups excluding carboxylic acids is 1. The van der Waals surface area contributed by atoms with Crippen LogP contribution >= 0.6 is 23.4 Å². The third-order valence-electron chi connectivity index (χ3n) is 4.32. The Morgan fingerprint density at radius 3 is 2.48 bits per heavy atom. The minimum atomic E-state index is 0.164. The van der Waals surface area contributed by atoms with Gasteiger partial charge in [0.25, 0.3) is 0 Å². The number of halogens is 1. The van der Waals surface area contributed by atoms with Crippen LogP contribution in [0.1, 0.15) is 6.92 Å². The van der Waals surface area contributed by atoms with Gasteiger partial charge in [-0.2, -0.15) is 0 Å². The van der Waals surface area contributed by atoms with Crippen molar-refractivity contribution < 1.29 is 4.79 Å². The maximum Gasteiger partial charge on any atom is 0.233 e. The van der Waals surface area contributed by atoms with Gasteiger partial charge in [0, 0.05) is 43.3 Å². The highest BCUT2D eigenvalue weighted by molar-refractivity contribution is 7.99. The second kappa shape index (κ2) is 8.21. The van der Waals surface area contributed by atoms with Crippen molar-refractivity contribution >= 4 is 29.3 Å². The number of benzene rings is 1. The van der Waals surface area contributed by atoms with Crippen molar-refractivity contribution in [2.24, 2.45) is 0 Å². The Hall–Kier alpha value is -1.57. The molecule has 1 aromatic heterocycles. The molecule has 1 aliphatic rings. The average molecular weight is 380 g/mol. The SMILES string of the molecule is CCn1c(SCC(=O)N2CCN(C)CC2)nnc1-c1ccc(Cl)cc1. The van der Waals surface area contributed by atoms with Gasteiger partial charge in [-0.05, 0) is 38.2 Å². The third-order valence-corrected chi connectivity index (χ3v) is 5.52. The van der Waals surface area contributed by atoms with Crippen molar-refractivity contribution in [2.75, 3.05) is 39.0 Å². The maximum absolute atomic E-state index is 12.4. The summed E-state index contributed by atoms with van der Waals surface area (Å²) in [6.07, 6.45) is 0. The lowest BCUT2D eigenvalue weighted by atomic mass is 10.2. The second-order valence-electron chi connectivity index (χ2n) is 6.03. The summed E-state index contributed by atoms with van der Waals surface area (Å²) < 4.78 is 2.03. The summed E-state index contributed by atoms with van der Waals surface area (Å²) in [6.45, 7) is 6.26. The lowest BCUT2D eigenvalue weighted by molar-refractivity contribution is -0.129. The van der Waals surface area contributed by atoms with Gasteiger partial charge in [-0.1, -0.05) is 23.4 Å². The molecule has 0 radical (unpaired) electrons. The first kappa shape index (κ1) is 18.2. The number of aromatic nitrogens is 3. The fourth-order valence-electron chi connectivity index (χ4n) is 2.77. The van der Waals surface area contributed by atoms with E-state index in [1.54, 1.807) is 0 Å². The lowest BCUT2D eigenvalue weighted by Crippen LogP contribution is -2.47. The topological polar surface area (TPSA) is 54.3 Å². The van der Waals surface area contributed by atoms with Gasteiger partial charge in [0.15, 0.2) is 11.0 Å². The minimum Gasteiger partial charge on any atom is -0.339 e. The molecular weight excluding hydrogens is 358 g/mol. The van der Waals surface area contributed by atoms with Crippen molar-refractivity contribution in [1.82, 2.24) is 24.6 Å². The van der Waals surface area contributed by atoms with Gasteiger partial charge in [-0.3, -0.25) is 4.79 Å². The van der Waals surface area contributed by atoms with Gasteiger partial charge in [0.05, 0.1) is 5.75 Å². The van der Waals surface area contributed by atoms with Gasteiger partial charge >= 0.3 is 0 Å². The molecule has 1 aliphatic heterocycles. The van der Waals surface area contributed by atoms with E-state index in [-0.39, 0.29) is 5.91 Å². The van der Waals surface area contributed by atoms with Crippen LogP contribution in [0.4, 0.5) is 0 Å². The van der Waals surface area contributed by atoms with E-state index in [0.29, 0.717) is 10.8 Å². The zero-order valence-electron chi connectivity index (χ0n) is 14.5. The lowest BCUT2D eigenvalue weighted by Gasteiger charge is -2.32. The Kier molecular flexibility index (Phi) is 5.98. The van der Waals surface area contributed by atoms with Crippen LogP contribution in [0.2, 0.25) is 5.02 Å². The first-order chi connectivity index (χ1) is 12.1. The number of carbonyl (C=O) groups is 1. The summed E-state index contributed by atoms with van der Waals surface area (Å²) in [5.41, 5.74) is 0.969. The van der Waals surface area contributed by atoms with E-state index in [1.165, 1.54) is 11.8 Å². The molecule has 1 amide bonds. The molecule has 25 heavy (non-hydrogen) atoms. The van der Waals surface area contributed by atoms with Crippen LogP contribution in [0.3, 0.4) is 0 Å². The summed E-state index contributed by atoms with van der Waals surface area (Å²) in [4.78, 5) is 16.6. The predicted octanol–water partition coefficient (Wildman–Crippen LogP) is 2.48. The molecule has 0 atom stereocenters. The molecule has 1 fully saturated rings. The van der Waals surface area contributed by atoms with Crippen LogP contribution in [-0.4, -0.2) is 69.5 Å². The summed E-state index contributed by atoms with van der Waals surface area (Å²) in [5.74, 6) is 1.35. The summed E-state index contributed by atoms with van der Waals surface area (Å²) >= 11 is 7.40. The van der Waals surface area contributed by atoms with Crippen LogP contribution < -0.4 is 0 Å². The first-order valence-corrected chi connectivity index (χ1v) is 9.73. The van der Waals surface area contributed by atoms with Crippen LogP contribution in [0.25, 0.3) is 11.4 Å². The molecule has 0 bridgehead atoms. The molecule has 3 rings (SSSR count). The number of nitrogens with zero attached hydrogens (tertiary/aromatic N) is 5. The summed E-state index contributed by atoms with van der Waals surface area (Å²) in [7, 11) is 2.08. The van der Waals surface area contributed by atoms with Crippen molar-refractivity contribution in [2.45, 2.75) is 18.6 Å². The van der Waals surface area contributed by atoms with E-state index in [9.17, 15) is 4.79 Å². The molecule has 0 spiro atoms. The Labute approximate surface area is 157 Å². The number of piperazine rings is 1. The van der Waals surface area contributed by atoms with E-state index < -0.39 is 0 Å². The number of thioether (sulfide) groups is 1. The van der Waals surface area contributed by atoms with Crippen molar-refractivity contribution in [1.29, 1.82) is 0 Å². The van der Waals surface area contributed by atoms with Gasteiger partial charge in [0.2, 0.25) is 5.91 Å². The van der Waals surface area contributed by atoms with E-state index >= 15 is 0 Å². The minimum absolute atomic E-state index is 0.164. The fourth-order valence-corrected chi connectivity index (χ4v) is 3.80. The molecule has 8 heteroatoms. The number of hydrogen-bond acceptors (Lipinski definition) is 5. The van der Waals surface area contributed by atoms with Crippen molar-refractivity contribution in [3.63, 3.8) is 0 Å². The Morgan fingerprint density at radius 1 is 1.16 bits per heavy atom. The van der Waals surface area contributed by atoms with Crippen molar-refractivity contribution in [3.8, 4) is 11.4 Å². The largest absolute Gasteiger partial charge is 0.339 e. The standard InChI is InChI=1S/C17H22ClN5OS/c1-3-23-16(13-4-6-14(18)7-5-13)19-20-17(23)25-12-15(24)22-10-8-21(2)9-11-22/h4-7H,3,8-12H2,1-2H3. The molecule has 0 N–H and O–H groups in total. The summed E-state index contributed by atoms with van der Waals surface area (Å²) in [5, 5.41) is 10.0. The maximum atomic E-state index is 12.4. The quantitative estimate of drug-likeness (QED) is 0.747. The summed E-state index contributed by atoms with van der Waals surface area (Å²) in [6, 6.07) is 7.55. The molecule has 2 aromatic rings. The zero-order chi connectivity index (χ0) is 17.8. The molecule has 6 nitrogen and oxygen atoms in total.